The van der Waals surface area contributed by atoms with Crippen molar-refractivity contribution in [2.24, 2.45) is 0 Å². The predicted octanol–water partition coefficient (Wildman–Crippen LogP) is 3.72. The van der Waals surface area contributed by atoms with E-state index in [1.165, 1.54) is 15.6 Å². The van der Waals surface area contributed by atoms with E-state index in [1.54, 1.807) is 13.8 Å². The van der Waals surface area contributed by atoms with Crippen molar-refractivity contribution in [1.82, 2.24) is 15.1 Å². The average Bonchev–Trinajstić information content (AvgIpc) is 3.24. The molecular weight excluding hydrogens is 444 g/mol. The number of ether oxygens (including phenoxy) is 1. The Morgan fingerprint density at radius 2 is 1.74 bits per heavy atom. The quantitative estimate of drug-likeness (QED) is 0.550. The molecule has 8 heteroatoms. The molecule has 182 valence electrons. The lowest BCUT2D eigenvalue weighted by atomic mass is 9.92. The third kappa shape index (κ3) is 4.56. The van der Waals surface area contributed by atoms with Crippen molar-refractivity contribution < 1.29 is 19.1 Å². The molecule has 2 amide bonds. The number of nitrogens with one attached hydrogen (secondary N) is 1. The van der Waals surface area contributed by atoms with E-state index in [1.807, 2.05) is 63.2 Å². The molecule has 3 aromatic rings. The van der Waals surface area contributed by atoms with Gasteiger partial charge in [0.1, 0.15) is 11.2 Å². The van der Waals surface area contributed by atoms with Gasteiger partial charge >= 0.3 is 5.97 Å². The van der Waals surface area contributed by atoms with Gasteiger partial charge in [-0.1, -0.05) is 47.5 Å². The molecule has 35 heavy (non-hydrogen) atoms. The number of esters is 1. The topological polar surface area (TPSA) is 93.5 Å². The summed E-state index contributed by atoms with van der Waals surface area (Å²) >= 11 is 0. The highest BCUT2D eigenvalue weighted by Gasteiger charge is 2.49. The summed E-state index contributed by atoms with van der Waals surface area (Å²) in [7, 11) is 0. The van der Waals surface area contributed by atoms with E-state index in [2.05, 4.69) is 10.4 Å². The third-order valence-corrected chi connectivity index (χ3v) is 6.29. The first-order valence-electron chi connectivity index (χ1n) is 11.6. The zero-order valence-corrected chi connectivity index (χ0v) is 20.7. The van der Waals surface area contributed by atoms with Crippen LogP contribution < -0.4 is 10.2 Å². The van der Waals surface area contributed by atoms with Crippen LogP contribution in [0.3, 0.4) is 0 Å². The van der Waals surface area contributed by atoms with Gasteiger partial charge < -0.3 is 10.1 Å². The number of rotatable bonds is 6. The summed E-state index contributed by atoms with van der Waals surface area (Å²) in [6.07, 6.45) is 0. The highest BCUT2D eigenvalue weighted by molar-refractivity contribution is 6.12. The van der Waals surface area contributed by atoms with Crippen LogP contribution in [0.2, 0.25) is 0 Å². The maximum atomic E-state index is 13.8. The first-order valence-corrected chi connectivity index (χ1v) is 11.6. The Balaban J connectivity index is 1.74. The van der Waals surface area contributed by atoms with Crippen LogP contribution in [0.15, 0.2) is 48.5 Å². The number of aryl methyl sites for hydroxylation is 3. The lowest BCUT2D eigenvalue weighted by Crippen LogP contribution is -2.64. The van der Waals surface area contributed by atoms with E-state index in [0.717, 1.165) is 22.3 Å². The number of aromatic nitrogens is 2. The second-order valence-corrected chi connectivity index (χ2v) is 9.17. The van der Waals surface area contributed by atoms with Crippen molar-refractivity contribution in [2.75, 3.05) is 11.5 Å². The number of anilines is 1. The summed E-state index contributed by atoms with van der Waals surface area (Å²) in [5, 5.41) is 7.30. The summed E-state index contributed by atoms with van der Waals surface area (Å²) in [5.41, 5.74) is 3.64. The second kappa shape index (κ2) is 9.37. The minimum atomic E-state index is -1.28. The zero-order chi connectivity index (χ0) is 25.3. The normalized spacial score (nSPS) is 17.2. The Labute approximate surface area is 204 Å². The molecule has 0 radical (unpaired) electrons. The summed E-state index contributed by atoms with van der Waals surface area (Å²) < 4.78 is 6.49. The summed E-state index contributed by atoms with van der Waals surface area (Å²) in [6.45, 7) is 9.93. The fraction of sp³-hybridized carbons (Fsp3) is 0.333. The average molecular weight is 475 g/mol. The minimum absolute atomic E-state index is 0.0418. The van der Waals surface area contributed by atoms with Gasteiger partial charge in [-0.15, -0.1) is 0 Å². The molecule has 8 nitrogen and oxygen atoms in total. The maximum Gasteiger partial charge on any atom is 0.358 e. The number of hydrogen-bond donors (Lipinski definition) is 1. The highest BCUT2D eigenvalue weighted by Crippen LogP contribution is 2.35. The molecular formula is C27H30N4O4. The molecule has 1 aromatic heterocycles. The number of carbonyl (C=O) groups excluding carboxylic acids is 3. The van der Waals surface area contributed by atoms with Crippen molar-refractivity contribution in [3.05, 3.63) is 82.2 Å². The van der Waals surface area contributed by atoms with E-state index >= 15 is 0 Å². The van der Waals surface area contributed by atoms with E-state index < -0.39 is 17.4 Å². The molecule has 0 saturated carbocycles. The molecule has 1 aliphatic rings. The van der Waals surface area contributed by atoms with E-state index in [0.29, 0.717) is 12.2 Å². The molecule has 0 spiro atoms. The van der Waals surface area contributed by atoms with Crippen LogP contribution in [0.25, 0.3) is 0 Å². The largest absolute Gasteiger partial charge is 0.461 e. The lowest BCUT2D eigenvalue weighted by Gasteiger charge is -2.43. The molecule has 0 saturated heterocycles. The second-order valence-electron chi connectivity index (χ2n) is 9.17. The van der Waals surface area contributed by atoms with Gasteiger partial charge in [-0.25, -0.2) is 4.79 Å². The van der Waals surface area contributed by atoms with Crippen molar-refractivity contribution in [2.45, 2.75) is 53.2 Å². The number of carbonyl (C=O) groups is 3. The van der Waals surface area contributed by atoms with Crippen LogP contribution in [0.4, 0.5) is 5.69 Å². The number of amides is 2. The molecule has 2 aromatic carbocycles. The van der Waals surface area contributed by atoms with E-state index in [-0.39, 0.29) is 30.4 Å². The fourth-order valence-corrected chi connectivity index (χ4v) is 4.40. The molecule has 0 aliphatic carbocycles. The number of nitrogens with zero attached hydrogens (tertiary/aromatic N) is 3. The lowest BCUT2D eigenvalue weighted by molar-refractivity contribution is -0.126. The monoisotopic (exact) mass is 474 g/mol. The Kier molecular flexibility index (Phi) is 6.47. The van der Waals surface area contributed by atoms with Crippen LogP contribution in [0, 0.1) is 20.8 Å². The minimum Gasteiger partial charge on any atom is -0.461 e. The standard InChI is InChI=1S/C27H30N4O4/c1-6-35-25(33)21-14-23-24(32)31(22-12-9-18(3)13-19(22)4)27(5,16-30(23)29-21)26(34)28-15-20-10-7-17(2)8-11-20/h7-14H,6,15-16H2,1-5H3,(H,28,34)/t27-/m0/s1. The Hall–Kier alpha value is -3.94. The maximum absolute atomic E-state index is 13.8. The fourth-order valence-electron chi connectivity index (χ4n) is 4.40. The molecule has 2 heterocycles. The van der Waals surface area contributed by atoms with Gasteiger partial charge in [-0.2, -0.15) is 5.10 Å². The molecule has 0 unspecified atom stereocenters. The predicted molar refractivity (Wildman–Crippen MR) is 132 cm³/mol. The van der Waals surface area contributed by atoms with Crippen LogP contribution >= 0.6 is 0 Å². The van der Waals surface area contributed by atoms with E-state index in [4.69, 9.17) is 4.74 Å². The molecule has 4 rings (SSSR count). The van der Waals surface area contributed by atoms with Crippen LogP contribution in [-0.4, -0.2) is 39.7 Å². The molecule has 1 atom stereocenters. The van der Waals surface area contributed by atoms with Crippen LogP contribution in [0.5, 0.6) is 0 Å². The van der Waals surface area contributed by atoms with Crippen molar-refractivity contribution in [3.63, 3.8) is 0 Å². The molecule has 1 aliphatic heterocycles. The van der Waals surface area contributed by atoms with Crippen LogP contribution in [0.1, 0.15) is 57.1 Å². The smallest absolute Gasteiger partial charge is 0.358 e. The van der Waals surface area contributed by atoms with E-state index in [9.17, 15) is 14.4 Å². The molecule has 0 bridgehead atoms. The number of benzene rings is 2. The van der Waals surface area contributed by atoms with Crippen molar-refractivity contribution >= 4 is 23.5 Å². The first-order chi connectivity index (χ1) is 16.6. The van der Waals surface area contributed by atoms with Gasteiger partial charge in [0.25, 0.3) is 5.91 Å². The highest BCUT2D eigenvalue weighted by atomic mass is 16.5. The summed E-state index contributed by atoms with van der Waals surface area (Å²) in [6, 6.07) is 15.1. The Morgan fingerprint density at radius 3 is 2.40 bits per heavy atom. The van der Waals surface area contributed by atoms with Gasteiger partial charge in [0.15, 0.2) is 5.69 Å². The van der Waals surface area contributed by atoms with Crippen molar-refractivity contribution in [3.8, 4) is 0 Å². The van der Waals surface area contributed by atoms with Gasteiger partial charge in [0.05, 0.1) is 13.2 Å². The van der Waals surface area contributed by atoms with Crippen molar-refractivity contribution in [1.29, 1.82) is 0 Å². The van der Waals surface area contributed by atoms with Gasteiger partial charge in [0.2, 0.25) is 5.91 Å². The van der Waals surface area contributed by atoms with Gasteiger partial charge in [0, 0.05) is 18.3 Å². The third-order valence-electron chi connectivity index (χ3n) is 6.29. The van der Waals surface area contributed by atoms with Crippen LogP contribution in [-0.2, 0) is 22.6 Å². The summed E-state index contributed by atoms with van der Waals surface area (Å²) in [4.78, 5) is 41.3. The zero-order valence-electron chi connectivity index (χ0n) is 20.7. The Morgan fingerprint density at radius 1 is 1.06 bits per heavy atom. The molecule has 1 N–H and O–H groups in total. The number of hydrogen-bond acceptors (Lipinski definition) is 5. The Bertz CT molecular complexity index is 1300. The summed E-state index contributed by atoms with van der Waals surface area (Å²) in [5.74, 6) is -1.32. The van der Waals surface area contributed by atoms with Gasteiger partial charge in [-0.05, 0) is 51.8 Å². The SMILES string of the molecule is CCOC(=O)c1cc2n(n1)C[C@@](C)(C(=O)NCc1ccc(C)cc1)N(c1ccc(C)cc1C)C2=O. The first kappa shape index (κ1) is 24.2. The number of fused-ring (bicyclic) bond motifs is 1. The van der Waals surface area contributed by atoms with Gasteiger partial charge in [-0.3, -0.25) is 19.2 Å². The molecule has 0 fully saturated rings.